The quantitative estimate of drug-likeness (QED) is 0.260. The van der Waals surface area contributed by atoms with Crippen LogP contribution >= 0.6 is 7.60 Å². The number of carbonyl (C=O) groups excluding carboxylic acids is 1. The smallest absolute Gasteiger partial charge is 0.850 e. The molecule has 0 N–H and O–H groups in total. The first-order valence-corrected chi connectivity index (χ1v) is 11.9. The third-order valence-electron chi connectivity index (χ3n) is 2.34. The Morgan fingerprint density at radius 2 is 1.34 bits per heavy atom. The standard InChI is InChI=1S/C6H15O3P.C5H10.C4H8O.C4H9O.C2H4O.K/c1-4-8-10(7,6-3)9-5-2;1-3-5-4-2;1-2-4-5-3-1;1-4(2,3)5;1-2-3;/h4-6H2,1-3H3;3,5H,4H2,1-2H3;1-4H2;1-3H3;2H,1H3;/q;;;-1;;+1/b;5-3+;;;;. The minimum absolute atomic E-state index is 0. The van der Waals surface area contributed by atoms with Crippen molar-refractivity contribution in [3.63, 3.8) is 0 Å². The van der Waals surface area contributed by atoms with Gasteiger partial charge in [0.15, 0.2) is 0 Å². The van der Waals surface area contributed by atoms with Crippen molar-refractivity contribution >= 4 is 13.9 Å². The van der Waals surface area contributed by atoms with Gasteiger partial charge in [0, 0.05) is 19.4 Å². The first-order valence-electron chi connectivity index (χ1n) is 10.2. The van der Waals surface area contributed by atoms with Crippen LogP contribution in [0.2, 0.25) is 0 Å². The number of ether oxygens (including phenoxy) is 1. The molecule has 6 nitrogen and oxygen atoms in total. The number of carbonyl (C=O) groups is 1. The van der Waals surface area contributed by atoms with Gasteiger partial charge in [0.1, 0.15) is 6.29 Å². The second-order valence-electron chi connectivity index (χ2n) is 6.41. The zero-order valence-corrected chi connectivity index (χ0v) is 24.8. The van der Waals surface area contributed by atoms with Crippen molar-refractivity contribution in [2.45, 2.75) is 87.2 Å². The summed E-state index contributed by atoms with van der Waals surface area (Å²) < 4.78 is 26.2. The monoisotopic (exact) mass is 464 g/mol. The molecule has 0 aliphatic carbocycles. The number of hydrogen-bond acceptors (Lipinski definition) is 6. The van der Waals surface area contributed by atoms with Gasteiger partial charge in [0.2, 0.25) is 0 Å². The van der Waals surface area contributed by atoms with Crippen molar-refractivity contribution in [1.29, 1.82) is 0 Å². The van der Waals surface area contributed by atoms with Crippen LogP contribution in [-0.4, -0.2) is 44.5 Å². The minimum Gasteiger partial charge on any atom is -0.850 e. The van der Waals surface area contributed by atoms with E-state index in [1.165, 1.54) is 19.8 Å². The van der Waals surface area contributed by atoms with E-state index < -0.39 is 13.2 Å². The van der Waals surface area contributed by atoms with Gasteiger partial charge in [-0.1, -0.05) is 46.8 Å². The summed E-state index contributed by atoms with van der Waals surface area (Å²) in [6.07, 6.45) is 9.10. The Kier molecular flexibility index (Phi) is 43.7. The van der Waals surface area contributed by atoms with Gasteiger partial charge in [-0.3, -0.25) is 4.57 Å². The fourth-order valence-electron chi connectivity index (χ4n) is 1.36. The number of rotatable bonds is 6. The van der Waals surface area contributed by atoms with Gasteiger partial charge in [-0.25, -0.2) is 0 Å². The van der Waals surface area contributed by atoms with E-state index in [0.29, 0.717) is 19.4 Å². The summed E-state index contributed by atoms with van der Waals surface area (Å²) in [5.41, 5.74) is -0.750. The molecule has 1 heterocycles. The molecule has 1 rings (SSSR count). The Labute approximate surface area is 223 Å². The van der Waals surface area contributed by atoms with Crippen LogP contribution in [0.1, 0.15) is 81.6 Å². The third-order valence-corrected chi connectivity index (χ3v) is 4.42. The van der Waals surface area contributed by atoms with Crippen LogP contribution < -0.4 is 56.5 Å². The summed E-state index contributed by atoms with van der Waals surface area (Å²) >= 11 is 0. The van der Waals surface area contributed by atoms with Crippen LogP contribution in [0.5, 0.6) is 0 Å². The topological polar surface area (TPSA) is 84.9 Å². The van der Waals surface area contributed by atoms with Gasteiger partial charge in [-0.2, -0.15) is 0 Å². The molecular formula is C21H46KO6P. The van der Waals surface area contributed by atoms with Gasteiger partial charge >= 0.3 is 59.0 Å². The molecule has 0 bridgehead atoms. The molecule has 29 heavy (non-hydrogen) atoms. The number of allylic oxidation sites excluding steroid dienone is 2. The molecule has 0 spiro atoms. The van der Waals surface area contributed by atoms with Gasteiger partial charge in [-0.05, 0) is 47.0 Å². The van der Waals surface area contributed by atoms with Crippen molar-refractivity contribution in [2.75, 3.05) is 32.6 Å². The van der Waals surface area contributed by atoms with E-state index in [4.69, 9.17) is 18.6 Å². The predicted molar refractivity (Wildman–Crippen MR) is 118 cm³/mol. The summed E-state index contributed by atoms with van der Waals surface area (Å²) in [6, 6.07) is 0. The van der Waals surface area contributed by atoms with Gasteiger partial charge in [0.05, 0.1) is 13.2 Å². The molecule has 0 aromatic carbocycles. The Balaban J connectivity index is -0.0000000874. The van der Waals surface area contributed by atoms with E-state index in [2.05, 4.69) is 19.1 Å². The Morgan fingerprint density at radius 1 is 1.00 bits per heavy atom. The molecule has 0 aromatic heterocycles. The maximum Gasteiger partial charge on any atom is 1.00 e. The second kappa shape index (κ2) is 31.3. The Morgan fingerprint density at radius 3 is 1.45 bits per heavy atom. The molecule has 1 aliphatic rings. The minimum atomic E-state index is -2.70. The number of hydrogen-bond donors (Lipinski definition) is 0. The zero-order chi connectivity index (χ0) is 22.9. The molecular weight excluding hydrogens is 418 g/mol. The summed E-state index contributed by atoms with van der Waals surface area (Å²) in [5.74, 6) is 0. The van der Waals surface area contributed by atoms with Crippen LogP contribution in [-0.2, 0) is 23.1 Å². The summed E-state index contributed by atoms with van der Waals surface area (Å²) in [5, 5.41) is 10.1. The molecule has 0 unspecified atom stereocenters. The summed E-state index contributed by atoms with van der Waals surface area (Å²) in [6.45, 7) is 18.8. The largest absolute Gasteiger partial charge is 1.00 e. The SMILES string of the molecule is C/C=C/CC.C1CCOC1.CC(C)(C)[O-].CC=O.CCOP(=O)(CC)OCC.[K+]. The normalized spacial score (nSPS) is 12.5. The second-order valence-corrected chi connectivity index (χ2v) is 8.78. The molecule has 0 saturated carbocycles. The Bertz CT molecular complexity index is 343. The predicted octanol–water partition coefficient (Wildman–Crippen LogP) is 2.40. The van der Waals surface area contributed by atoms with Crippen molar-refractivity contribution < 1.29 is 79.6 Å². The molecule has 172 valence electrons. The average molecular weight is 465 g/mol. The van der Waals surface area contributed by atoms with E-state index in [-0.39, 0.29) is 51.4 Å². The fraction of sp³-hybridized carbons (Fsp3) is 0.857. The summed E-state index contributed by atoms with van der Waals surface area (Å²) in [7, 11) is -2.70. The molecule has 0 atom stereocenters. The summed E-state index contributed by atoms with van der Waals surface area (Å²) in [4.78, 5) is 8.81. The van der Waals surface area contributed by atoms with Crippen LogP contribution in [0.25, 0.3) is 0 Å². The van der Waals surface area contributed by atoms with Crippen molar-refractivity contribution in [3.8, 4) is 0 Å². The van der Waals surface area contributed by atoms with Crippen LogP contribution in [0.4, 0.5) is 0 Å². The maximum absolute atomic E-state index is 11.3. The molecule has 0 aromatic rings. The van der Waals surface area contributed by atoms with Gasteiger partial charge in [0.25, 0.3) is 0 Å². The van der Waals surface area contributed by atoms with Crippen LogP contribution in [0.3, 0.4) is 0 Å². The van der Waals surface area contributed by atoms with E-state index in [1.54, 1.807) is 41.5 Å². The van der Waals surface area contributed by atoms with Crippen molar-refractivity contribution in [1.82, 2.24) is 0 Å². The molecule has 1 saturated heterocycles. The van der Waals surface area contributed by atoms with E-state index in [0.717, 1.165) is 25.9 Å². The van der Waals surface area contributed by atoms with Gasteiger partial charge in [-0.15, -0.1) is 5.60 Å². The molecule has 0 radical (unpaired) electrons. The molecule has 8 heteroatoms. The first-order chi connectivity index (χ1) is 13.0. The van der Waals surface area contributed by atoms with Gasteiger partial charge < -0.3 is 23.7 Å². The zero-order valence-electron chi connectivity index (χ0n) is 20.8. The molecule has 1 aliphatic heterocycles. The Hall–Kier alpha value is 1.12. The molecule has 1 fully saturated rings. The molecule has 0 amide bonds. The first kappa shape index (κ1) is 40.5. The van der Waals surface area contributed by atoms with E-state index in [1.807, 2.05) is 6.92 Å². The van der Waals surface area contributed by atoms with Crippen LogP contribution in [0.15, 0.2) is 12.2 Å². The van der Waals surface area contributed by atoms with E-state index in [9.17, 15) is 9.67 Å². The average Bonchev–Trinajstić information content (AvgIpc) is 3.16. The van der Waals surface area contributed by atoms with Crippen molar-refractivity contribution in [3.05, 3.63) is 12.2 Å². The van der Waals surface area contributed by atoms with E-state index >= 15 is 0 Å². The number of aldehydes is 1. The third kappa shape index (κ3) is 58.6. The maximum atomic E-state index is 11.3. The van der Waals surface area contributed by atoms with Crippen molar-refractivity contribution in [2.24, 2.45) is 0 Å². The fourth-order valence-corrected chi connectivity index (χ4v) is 2.59. The van der Waals surface area contributed by atoms with Crippen LogP contribution in [0, 0.1) is 0 Å².